The molecule has 0 radical (unpaired) electrons. The zero-order chi connectivity index (χ0) is 17.4. The molecule has 0 saturated heterocycles. The van der Waals surface area contributed by atoms with E-state index in [0.29, 0.717) is 0 Å². The largest absolute Gasteiger partial charge is 1.00 e. The van der Waals surface area contributed by atoms with Crippen LogP contribution in [0.4, 0.5) is 4.79 Å². The molecule has 1 aromatic carbocycles. The maximum atomic E-state index is 11.7. The summed E-state index contributed by atoms with van der Waals surface area (Å²) < 4.78 is 5.00. The molecule has 0 aliphatic carbocycles. The van der Waals surface area contributed by atoms with Crippen molar-refractivity contribution in [2.75, 3.05) is 0 Å². The first kappa shape index (κ1) is 22.6. The van der Waals surface area contributed by atoms with Gasteiger partial charge in [0.15, 0.2) is 5.78 Å². The fourth-order valence-corrected chi connectivity index (χ4v) is 2.12. The molecular formula is C16H20NNaO6. The van der Waals surface area contributed by atoms with E-state index in [0.717, 1.165) is 5.56 Å². The SMILES string of the molecule is CCC(C(=O)C(=O)[O-])C(O)[C@H](C)NC(=O)OCc1ccccc1.[Na+]. The molecule has 1 rings (SSSR count). The van der Waals surface area contributed by atoms with Gasteiger partial charge in [0.05, 0.1) is 18.1 Å². The number of hydrogen-bond donors (Lipinski definition) is 2. The van der Waals surface area contributed by atoms with Crippen molar-refractivity contribution in [2.45, 2.75) is 39.0 Å². The Morgan fingerprint density at radius 3 is 2.33 bits per heavy atom. The van der Waals surface area contributed by atoms with Crippen molar-refractivity contribution in [3.05, 3.63) is 35.9 Å². The molecular weight excluding hydrogens is 325 g/mol. The van der Waals surface area contributed by atoms with Gasteiger partial charge in [-0.2, -0.15) is 0 Å². The number of carboxylic acids is 1. The zero-order valence-electron chi connectivity index (χ0n) is 14.0. The summed E-state index contributed by atoms with van der Waals surface area (Å²) in [6, 6.07) is 8.17. The zero-order valence-corrected chi connectivity index (χ0v) is 16.0. The van der Waals surface area contributed by atoms with E-state index in [2.05, 4.69) is 5.32 Å². The van der Waals surface area contributed by atoms with Crippen LogP contribution in [0.5, 0.6) is 0 Å². The Morgan fingerprint density at radius 1 is 1.25 bits per heavy atom. The van der Waals surface area contributed by atoms with Crippen molar-refractivity contribution in [1.29, 1.82) is 0 Å². The second kappa shape index (κ2) is 11.2. The summed E-state index contributed by atoms with van der Waals surface area (Å²) in [6.45, 7) is 3.08. The Morgan fingerprint density at radius 2 is 1.83 bits per heavy atom. The van der Waals surface area contributed by atoms with E-state index in [1.54, 1.807) is 31.2 Å². The third-order valence-corrected chi connectivity index (χ3v) is 3.46. The number of amides is 1. The summed E-state index contributed by atoms with van der Waals surface area (Å²) in [5.41, 5.74) is 0.800. The number of carbonyl (C=O) groups is 3. The monoisotopic (exact) mass is 345 g/mol. The number of aliphatic hydroxyl groups is 1. The van der Waals surface area contributed by atoms with E-state index in [1.807, 2.05) is 6.07 Å². The van der Waals surface area contributed by atoms with Crippen molar-refractivity contribution in [3.8, 4) is 0 Å². The Hall–Kier alpha value is -1.41. The minimum Gasteiger partial charge on any atom is -0.542 e. The summed E-state index contributed by atoms with van der Waals surface area (Å²) in [5, 5.41) is 23.1. The predicted molar refractivity (Wildman–Crippen MR) is 79.0 cm³/mol. The molecule has 2 unspecified atom stereocenters. The third-order valence-electron chi connectivity index (χ3n) is 3.46. The molecule has 0 fully saturated rings. The minimum absolute atomic E-state index is 0. The Kier molecular flexibility index (Phi) is 10.5. The van der Waals surface area contributed by atoms with Crippen LogP contribution in [0.1, 0.15) is 25.8 Å². The van der Waals surface area contributed by atoms with Crippen LogP contribution in [-0.4, -0.2) is 35.1 Å². The molecule has 7 nitrogen and oxygen atoms in total. The first-order chi connectivity index (χ1) is 10.9. The molecule has 0 saturated carbocycles. The topological polar surface area (TPSA) is 116 Å². The molecule has 24 heavy (non-hydrogen) atoms. The van der Waals surface area contributed by atoms with Gasteiger partial charge < -0.3 is 25.1 Å². The predicted octanol–water partition coefficient (Wildman–Crippen LogP) is -2.99. The van der Waals surface area contributed by atoms with E-state index >= 15 is 0 Å². The normalized spacial score (nSPS) is 13.8. The summed E-state index contributed by atoms with van der Waals surface area (Å²) in [6.07, 6.45) is -2.01. The van der Waals surface area contributed by atoms with E-state index < -0.39 is 35.9 Å². The molecule has 8 heteroatoms. The van der Waals surface area contributed by atoms with Gasteiger partial charge >= 0.3 is 35.7 Å². The molecule has 2 N–H and O–H groups in total. The van der Waals surface area contributed by atoms with Gasteiger partial charge in [0, 0.05) is 0 Å². The molecule has 126 valence electrons. The number of nitrogens with one attached hydrogen (secondary N) is 1. The molecule has 0 bridgehead atoms. The second-order valence-electron chi connectivity index (χ2n) is 5.15. The smallest absolute Gasteiger partial charge is 0.542 e. The Bertz CT molecular complexity index is 551. The van der Waals surface area contributed by atoms with Gasteiger partial charge in [0.1, 0.15) is 12.6 Å². The number of aliphatic carboxylic acids is 1. The number of rotatable bonds is 8. The molecule has 3 atom stereocenters. The van der Waals surface area contributed by atoms with Crippen molar-refractivity contribution in [1.82, 2.24) is 5.32 Å². The third kappa shape index (κ3) is 7.00. The van der Waals surface area contributed by atoms with Crippen molar-refractivity contribution in [2.24, 2.45) is 5.92 Å². The maximum absolute atomic E-state index is 11.7. The minimum atomic E-state index is -1.85. The van der Waals surface area contributed by atoms with Crippen molar-refractivity contribution in [3.63, 3.8) is 0 Å². The molecule has 0 spiro atoms. The number of alkyl carbamates (subject to hydrolysis) is 1. The number of aliphatic hydroxyl groups excluding tert-OH is 1. The quantitative estimate of drug-likeness (QED) is 0.384. The summed E-state index contributed by atoms with van der Waals surface area (Å²) in [5.74, 6) is -4.19. The van der Waals surface area contributed by atoms with E-state index in [4.69, 9.17) is 4.74 Å². The van der Waals surface area contributed by atoms with Gasteiger partial charge in [-0.3, -0.25) is 4.79 Å². The molecule has 1 aromatic rings. The van der Waals surface area contributed by atoms with Crippen molar-refractivity contribution < 1.29 is 58.9 Å². The van der Waals surface area contributed by atoms with Gasteiger partial charge in [0.25, 0.3) is 0 Å². The van der Waals surface area contributed by atoms with E-state index in [1.165, 1.54) is 6.92 Å². The van der Waals surface area contributed by atoms with Gasteiger partial charge in [-0.1, -0.05) is 37.3 Å². The number of Topliss-reactive ketones (excluding diaryl/α,β-unsaturated/α-hetero) is 1. The van der Waals surface area contributed by atoms with E-state index in [9.17, 15) is 24.6 Å². The number of hydrogen-bond acceptors (Lipinski definition) is 6. The first-order valence-corrected chi connectivity index (χ1v) is 7.27. The van der Waals surface area contributed by atoms with Crippen LogP contribution < -0.4 is 40.0 Å². The van der Waals surface area contributed by atoms with Crippen LogP contribution in [0, 0.1) is 5.92 Å². The number of ether oxygens (including phenoxy) is 1. The fraction of sp³-hybridized carbons (Fsp3) is 0.438. The molecule has 0 aliphatic rings. The standard InChI is InChI=1S/C16H21NO6.Na/c1-3-12(14(19)15(20)21)13(18)10(2)17-16(22)23-9-11-7-5-4-6-8-11;/h4-8,10,12-13,18H,3,9H2,1-2H3,(H,17,22)(H,20,21);/q;+1/p-1/t10-,12?,13?;/m0./s1. The van der Waals surface area contributed by atoms with Crippen LogP contribution in [-0.2, 0) is 20.9 Å². The van der Waals surface area contributed by atoms with Crippen LogP contribution >= 0.6 is 0 Å². The average molecular weight is 345 g/mol. The molecule has 0 aliphatic heterocycles. The number of ketones is 1. The molecule has 0 aromatic heterocycles. The van der Waals surface area contributed by atoms with Gasteiger partial charge in [-0.05, 0) is 18.9 Å². The van der Waals surface area contributed by atoms with Gasteiger partial charge in [-0.15, -0.1) is 0 Å². The average Bonchev–Trinajstić information content (AvgIpc) is 2.54. The molecule has 1 amide bonds. The first-order valence-electron chi connectivity index (χ1n) is 7.27. The van der Waals surface area contributed by atoms with E-state index in [-0.39, 0.29) is 42.6 Å². The maximum Gasteiger partial charge on any atom is 1.00 e. The van der Waals surface area contributed by atoms with Gasteiger partial charge in [-0.25, -0.2) is 4.79 Å². The number of carboxylic acid groups (broad SMARTS) is 1. The van der Waals surface area contributed by atoms with Crippen molar-refractivity contribution >= 4 is 17.8 Å². The fourth-order valence-electron chi connectivity index (χ4n) is 2.12. The Labute approximate surface area is 162 Å². The number of benzene rings is 1. The van der Waals surface area contributed by atoms with Gasteiger partial charge in [0.2, 0.25) is 0 Å². The second-order valence-corrected chi connectivity index (χ2v) is 5.15. The number of carbonyl (C=O) groups excluding carboxylic acids is 3. The Balaban J connectivity index is 0.00000529. The summed E-state index contributed by atoms with van der Waals surface area (Å²) in [4.78, 5) is 33.8. The van der Waals surface area contributed by atoms with Crippen LogP contribution in [0.15, 0.2) is 30.3 Å². The summed E-state index contributed by atoms with van der Waals surface area (Å²) >= 11 is 0. The van der Waals surface area contributed by atoms with Crippen LogP contribution in [0.25, 0.3) is 0 Å². The summed E-state index contributed by atoms with van der Waals surface area (Å²) in [7, 11) is 0. The van der Waals surface area contributed by atoms with Crippen LogP contribution in [0.2, 0.25) is 0 Å². The van der Waals surface area contributed by atoms with Crippen LogP contribution in [0.3, 0.4) is 0 Å². The molecule has 0 heterocycles.